The molecule has 1 heteroatoms. The van der Waals surface area contributed by atoms with Crippen LogP contribution in [0.1, 0.15) is 20.3 Å². The van der Waals surface area contributed by atoms with Gasteiger partial charge in [-0.25, -0.2) is 0 Å². The van der Waals surface area contributed by atoms with Crippen molar-refractivity contribution >= 4 is 15.9 Å². The number of hydrogen-bond acceptors (Lipinski definition) is 0. The Balaban J connectivity index is 3.67. The van der Waals surface area contributed by atoms with Gasteiger partial charge < -0.3 is 0 Å². The van der Waals surface area contributed by atoms with Gasteiger partial charge >= 0.3 is 0 Å². The summed E-state index contributed by atoms with van der Waals surface area (Å²) >= 11 is 3.28. The first-order valence-electron chi connectivity index (χ1n) is 3.29. The number of rotatable bonds is 3. The number of allylic oxidation sites excluding steroid dienone is 5. The third-order valence-corrected chi connectivity index (χ3v) is 1.50. The van der Waals surface area contributed by atoms with Gasteiger partial charge in [0.25, 0.3) is 0 Å². The topological polar surface area (TPSA) is 0 Å². The quantitative estimate of drug-likeness (QED) is 0.609. The van der Waals surface area contributed by atoms with E-state index in [1.54, 1.807) is 0 Å². The minimum atomic E-state index is 0.908. The zero-order chi connectivity index (χ0) is 7.98. The molecule has 0 amide bonds. The first-order chi connectivity index (χ1) is 4.66. The molecular weight excluding hydrogens is 188 g/mol. The smallest absolute Gasteiger partial charge is 0.00337 e. The van der Waals surface area contributed by atoms with Crippen LogP contribution in [-0.4, -0.2) is 0 Å². The zero-order valence-electron chi connectivity index (χ0n) is 6.52. The van der Waals surface area contributed by atoms with E-state index in [0.29, 0.717) is 0 Å². The Morgan fingerprint density at radius 1 is 1.60 bits per heavy atom. The van der Waals surface area contributed by atoms with Crippen molar-refractivity contribution in [3.05, 3.63) is 34.9 Å². The monoisotopic (exact) mass is 200 g/mol. The van der Waals surface area contributed by atoms with Crippen LogP contribution in [0.25, 0.3) is 0 Å². The van der Waals surface area contributed by atoms with E-state index >= 15 is 0 Å². The highest BCUT2D eigenvalue weighted by Crippen LogP contribution is 2.07. The fourth-order valence-electron chi connectivity index (χ4n) is 0.469. The van der Waals surface area contributed by atoms with Crippen molar-refractivity contribution in [1.82, 2.24) is 0 Å². The third kappa shape index (κ3) is 5.83. The molecule has 0 fully saturated rings. The van der Waals surface area contributed by atoms with Crippen LogP contribution in [0, 0.1) is 0 Å². The van der Waals surface area contributed by atoms with E-state index in [2.05, 4.69) is 47.7 Å². The fraction of sp³-hybridized carbons (Fsp3) is 0.333. The van der Waals surface area contributed by atoms with Crippen molar-refractivity contribution in [3.63, 3.8) is 0 Å². The van der Waals surface area contributed by atoms with Gasteiger partial charge in [0.15, 0.2) is 0 Å². The molecule has 0 saturated carbocycles. The Bertz CT molecular complexity index is 164. The van der Waals surface area contributed by atoms with E-state index in [1.165, 1.54) is 5.57 Å². The van der Waals surface area contributed by atoms with E-state index in [0.717, 1.165) is 10.9 Å². The molecule has 0 radical (unpaired) electrons. The van der Waals surface area contributed by atoms with Crippen LogP contribution in [0.2, 0.25) is 0 Å². The highest BCUT2D eigenvalue weighted by atomic mass is 79.9. The lowest BCUT2D eigenvalue weighted by molar-refractivity contribution is 1.35. The Kier molecular flexibility index (Phi) is 5.32. The highest BCUT2D eigenvalue weighted by Gasteiger charge is 1.80. The van der Waals surface area contributed by atoms with Crippen molar-refractivity contribution < 1.29 is 0 Å². The van der Waals surface area contributed by atoms with Crippen LogP contribution in [0.5, 0.6) is 0 Å². The van der Waals surface area contributed by atoms with Gasteiger partial charge in [-0.2, -0.15) is 0 Å². The van der Waals surface area contributed by atoms with Crippen molar-refractivity contribution in [2.45, 2.75) is 20.3 Å². The van der Waals surface area contributed by atoms with E-state index in [1.807, 2.05) is 6.92 Å². The average molecular weight is 201 g/mol. The molecule has 0 bridgehead atoms. The molecule has 0 aromatic carbocycles. The number of halogens is 1. The maximum absolute atomic E-state index is 3.72. The predicted molar refractivity (Wildman–Crippen MR) is 51.3 cm³/mol. The molecule has 0 atom stereocenters. The van der Waals surface area contributed by atoms with Crippen LogP contribution in [-0.2, 0) is 0 Å². The van der Waals surface area contributed by atoms with Crippen LogP contribution in [0.15, 0.2) is 34.9 Å². The summed E-state index contributed by atoms with van der Waals surface area (Å²) in [7, 11) is 0. The first-order valence-corrected chi connectivity index (χ1v) is 4.09. The summed E-state index contributed by atoms with van der Waals surface area (Å²) in [5, 5.41) is 0. The Morgan fingerprint density at radius 2 is 2.20 bits per heavy atom. The van der Waals surface area contributed by atoms with Crippen LogP contribution >= 0.6 is 15.9 Å². The minimum absolute atomic E-state index is 0.908. The molecule has 0 nitrogen and oxygen atoms in total. The molecule has 10 heavy (non-hydrogen) atoms. The first kappa shape index (κ1) is 9.70. The number of hydrogen-bond donors (Lipinski definition) is 0. The van der Waals surface area contributed by atoms with E-state index in [-0.39, 0.29) is 0 Å². The van der Waals surface area contributed by atoms with Crippen LogP contribution in [0.3, 0.4) is 0 Å². The third-order valence-electron chi connectivity index (χ3n) is 1.18. The summed E-state index contributed by atoms with van der Waals surface area (Å²) in [6.07, 6.45) is 7.16. The minimum Gasteiger partial charge on any atom is -0.0885 e. The molecule has 0 aliphatic rings. The zero-order valence-corrected chi connectivity index (χ0v) is 8.11. The molecule has 0 heterocycles. The van der Waals surface area contributed by atoms with Crippen molar-refractivity contribution in [3.8, 4) is 0 Å². The maximum atomic E-state index is 3.72. The van der Waals surface area contributed by atoms with Crippen molar-refractivity contribution in [2.24, 2.45) is 0 Å². The Hall–Kier alpha value is -0.300. The summed E-state index contributed by atoms with van der Waals surface area (Å²) in [6, 6.07) is 0. The Labute approximate surface area is 71.5 Å². The molecule has 0 unspecified atom stereocenters. The van der Waals surface area contributed by atoms with Gasteiger partial charge in [-0.3, -0.25) is 0 Å². The second-order valence-electron chi connectivity index (χ2n) is 2.16. The predicted octanol–water partition coefficient (Wildman–Crippen LogP) is 3.81. The average Bonchev–Trinajstić information content (AvgIpc) is 1.87. The van der Waals surface area contributed by atoms with Gasteiger partial charge in [0.05, 0.1) is 0 Å². The van der Waals surface area contributed by atoms with Gasteiger partial charge in [0.1, 0.15) is 0 Å². The SMILES string of the molecule is C=C(Br)C/C=C\C(C)=C/C. The largest absolute Gasteiger partial charge is 0.0885 e. The molecule has 0 aliphatic carbocycles. The summed E-state index contributed by atoms with van der Waals surface area (Å²) in [6.45, 7) is 7.83. The van der Waals surface area contributed by atoms with E-state index < -0.39 is 0 Å². The van der Waals surface area contributed by atoms with Crippen molar-refractivity contribution in [2.75, 3.05) is 0 Å². The van der Waals surface area contributed by atoms with Gasteiger partial charge in [-0.1, -0.05) is 46.3 Å². The lowest BCUT2D eigenvalue weighted by atomic mass is 10.2. The van der Waals surface area contributed by atoms with Gasteiger partial charge in [-0.15, -0.1) is 0 Å². The van der Waals surface area contributed by atoms with E-state index in [9.17, 15) is 0 Å². The lowest BCUT2D eigenvalue weighted by Gasteiger charge is -1.88. The maximum Gasteiger partial charge on any atom is -0.00337 e. The van der Waals surface area contributed by atoms with E-state index in [4.69, 9.17) is 0 Å². The van der Waals surface area contributed by atoms with Crippen molar-refractivity contribution in [1.29, 1.82) is 0 Å². The summed E-state index contributed by atoms with van der Waals surface area (Å²) in [5.74, 6) is 0. The molecule has 0 N–H and O–H groups in total. The Morgan fingerprint density at radius 3 is 2.60 bits per heavy atom. The van der Waals surface area contributed by atoms with Gasteiger partial charge in [0, 0.05) is 0 Å². The molecule has 0 aliphatic heterocycles. The standard InChI is InChI=1S/C9H13Br/c1-4-8(2)6-5-7-9(3)10/h4-6H,3,7H2,1-2H3/b6-5-,8-4-. The second-order valence-corrected chi connectivity index (χ2v) is 3.28. The normalized spacial score (nSPS) is 12.5. The molecule has 0 aromatic heterocycles. The van der Waals surface area contributed by atoms with Gasteiger partial charge in [-0.05, 0) is 24.8 Å². The van der Waals surface area contributed by atoms with Gasteiger partial charge in [0.2, 0.25) is 0 Å². The molecule has 0 saturated heterocycles. The highest BCUT2D eigenvalue weighted by molar-refractivity contribution is 9.11. The molecule has 0 spiro atoms. The summed E-state index contributed by atoms with van der Waals surface area (Å²) in [5.41, 5.74) is 1.29. The summed E-state index contributed by atoms with van der Waals surface area (Å²) < 4.78 is 1.02. The van der Waals surface area contributed by atoms with Crippen LogP contribution in [0.4, 0.5) is 0 Å². The second kappa shape index (κ2) is 5.48. The fourth-order valence-corrected chi connectivity index (χ4v) is 0.656. The molecule has 56 valence electrons. The molecule has 0 aromatic rings. The molecular formula is C9H13Br. The summed E-state index contributed by atoms with van der Waals surface area (Å²) in [4.78, 5) is 0. The van der Waals surface area contributed by atoms with Crippen LogP contribution < -0.4 is 0 Å². The molecule has 0 rings (SSSR count). The lowest BCUT2D eigenvalue weighted by Crippen LogP contribution is -1.66.